The Morgan fingerprint density at radius 3 is 2.77 bits per heavy atom. The van der Waals surface area contributed by atoms with Crippen molar-refractivity contribution in [2.24, 2.45) is 17.3 Å². The van der Waals surface area contributed by atoms with Crippen LogP contribution in [0.2, 0.25) is 0 Å². The predicted octanol–water partition coefficient (Wildman–Crippen LogP) is 4.22. The molecule has 22 heavy (non-hydrogen) atoms. The van der Waals surface area contributed by atoms with Crippen molar-refractivity contribution in [1.82, 2.24) is 0 Å². The second-order valence-corrected chi connectivity index (χ2v) is 8.07. The fraction of sp³-hybridized carbons (Fsp3) is 0.700. The second-order valence-electron chi connectivity index (χ2n) is 8.07. The van der Waals surface area contributed by atoms with Crippen LogP contribution in [0.25, 0.3) is 0 Å². The lowest BCUT2D eigenvalue weighted by Crippen LogP contribution is -2.43. The molecule has 2 saturated carbocycles. The zero-order valence-corrected chi connectivity index (χ0v) is 14.1. The van der Waals surface area contributed by atoms with E-state index >= 15 is 0 Å². The van der Waals surface area contributed by atoms with E-state index in [9.17, 15) is 5.11 Å². The van der Waals surface area contributed by atoms with Gasteiger partial charge in [-0.3, -0.25) is 0 Å². The van der Waals surface area contributed by atoms with E-state index in [2.05, 4.69) is 26.0 Å². The standard InChI is InChI=1S/C20H28O2/c1-12-10-16-13(11-18(12)22-3)4-5-15-14(16)8-9-20(2)17(15)6-7-19(20)21/h10-11,14-15,17,19,21H,4-9H2,1-3H3/t14-,15+,17-,19-,20-/m0/s1. The van der Waals surface area contributed by atoms with Gasteiger partial charge in [-0.25, -0.2) is 0 Å². The van der Waals surface area contributed by atoms with E-state index in [-0.39, 0.29) is 11.5 Å². The van der Waals surface area contributed by atoms with Crippen LogP contribution in [0.15, 0.2) is 12.1 Å². The Hall–Kier alpha value is -1.02. The monoisotopic (exact) mass is 300 g/mol. The van der Waals surface area contributed by atoms with Gasteiger partial charge in [0.15, 0.2) is 0 Å². The van der Waals surface area contributed by atoms with E-state index in [0.717, 1.165) is 24.0 Å². The summed E-state index contributed by atoms with van der Waals surface area (Å²) in [6, 6.07) is 4.66. The molecule has 0 aliphatic heterocycles. The molecule has 1 N–H and O–H groups in total. The molecule has 2 nitrogen and oxygen atoms in total. The first-order chi connectivity index (χ1) is 10.5. The molecule has 4 rings (SSSR count). The van der Waals surface area contributed by atoms with Crippen LogP contribution in [0.3, 0.4) is 0 Å². The van der Waals surface area contributed by atoms with E-state index in [4.69, 9.17) is 4.74 Å². The summed E-state index contributed by atoms with van der Waals surface area (Å²) in [5, 5.41) is 10.5. The smallest absolute Gasteiger partial charge is 0.122 e. The van der Waals surface area contributed by atoms with Crippen molar-refractivity contribution in [1.29, 1.82) is 0 Å². The van der Waals surface area contributed by atoms with E-state index in [1.807, 2.05) is 0 Å². The van der Waals surface area contributed by atoms with Crippen LogP contribution < -0.4 is 4.74 Å². The molecule has 3 aliphatic carbocycles. The first kappa shape index (κ1) is 14.6. The number of benzene rings is 1. The predicted molar refractivity (Wildman–Crippen MR) is 88.4 cm³/mol. The molecule has 0 radical (unpaired) electrons. The quantitative estimate of drug-likeness (QED) is 0.841. The van der Waals surface area contributed by atoms with Gasteiger partial charge in [0.2, 0.25) is 0 Å². The van der Waals surface area contributed by atoms with E-state index < -0.39 is 0 Å². The molecule has 120 valence electrons. The zero-order chi connectivity index (χ0) is 15.5. The minimum absolute atomic E-state index is 0.0718. The SMILES string of the molecule is COc1cc2c(cc1C)[C@H]1CC[C@]3(C)[C@@H](O)CC[C@H]3[C@@H]1CC2. The Balaban J connectivity index is 1.71. The number of hydrogen-bond acceptors (Lipinski definition) is 2. The number of ether oxygens (including phenoxy) is 1. The third-order valence-electron chi connectivity index (χ3n) is 7.19. The van der Waals surface area contributed by atoms with E-state index in [1.165, 1.54) is 43.2 Å². The molecule has 0 aromatic heterocycles. The van der Waals surface area contributed by atoms with Gasteiger partial charge in [-0.1, -0.05) is 13.0 Å². The number of fused-ring (bicyclic) bond motifs is 5. The maximum absolute atomic E-state index is 10.5. The highest BCUT2D eigenvalue weighted by molar-refractivity contribution is 5.45. The minimum Gasteiger partial charge on any atom is -0.496 e. The molecular formula is C20H28O2. The number of hydrogen-bond donors (Lipinski definition) is 1. The number of rotatable bonds is 1. The van der Waals surface area contributed by atoms with E-state index in [1.54, 1.807) is 12.7 Å². The van der Waals surface area contributed by atoms with Crippen molar-refractivity contribution in [2.75, 3.05) is 7.11 Å². The van der Waals surface area contributed by atoms with Crippen LogP contribution in [0.5, 0.6) is 5.75 Å². The van der Waals surface area contributed by atoms with Crippen molar-refractivity contribution in [3.63, 3.8) is 0 Å². The Kier molecular flexibility index (Phi) is 3.30. The van der Waals surface area contributed by atoms with Crippen LogP contribution in [-0.4, -0.2) is 18.3 Å². The fourth-order valence-electron chi connectivity index (χ4n) is 5.90. The van der Waals surface area contributed by atoms with Gasteiger partial charge in [-0.05, 0) is 91.4 Å². The Labute approximate surface area is 133 Å². The van der Waals surface area contributed by atoms with Crippen LogP contribution in [0.4, 0.5) is 0 Å². The first-order valence-electron chi connectivity index (χ1n) is 8.90. The molecule has 0 amide bonds. The average molecular weight is 300 g/mol. The summed E-state index contributed by atoms with van der Waals surface area (Å²) in [6.07, 6.45) is 7.06. The summed E-state index contributed by atoms with van der Waals surface area (Å²) >= 11 is 0. The molecule has 0 bridgehead atoms. The number of aliphatic hydroxyl groups is 1. The third-order valence-corrected chi connectivity index (χ3v) is 7.19. The molecule has 5 atom stereocenters. The number of aryl methyl sites for hydroxylation is 2. The van der Waals surface area contributed by atoms with Gasteiger partial charge >= 0.3 is 0 Å². The molecule has 1 aromatic rings. The Morgan fingerprint density at radius 2 is 2.00 bits per heavy atom. The van der Waals surface area contributed by atoms with Crippen LogP contribution in [0, 0.1) is 24.2 Å². The lowest BCUT2D eigenvalue weighted by Gasteiger charge is -2.50. The molecule has 0 spiro atoms. The van der Waals surface area contributed by atoms with E-state index in [0.29, 0.717) is 5.92 Å². The summed E-state index contributed by atoms with van der Waals surface area (Å²) in [4.78, 5) is 0. The van der Waals surface area contributed by atoms with Crippen molar-refractivity contribution < 1.29 is 9.84 Å². The summed E-state index contributed by atoms with van der Waals surface area (Å²) < 4.78 is 5.51. The average Bonchev–Trinajstić information content (AvgIpc) is 2.82. The molecule has 2 heteroatoms. The molecular weight excluding hydrogens is 272 g/mol. The van der Waals surface area contributed by atoms with Gasteiger partial charge in [-0.2, -0.15) is 0 Å². The highest BCUT2D eigenvalue weighted by atomic mass is 16.5. The van der Waals surface area contributed by atoms with Crippen molar-refractivity contribution >= 4 is 0 Å². The number of aliphatic hydroxyl groups excluding tert-OH is 1. The minimum atomic E-state index is -0.0718. The van der Waals surface area contributed by atoms with Gasteiger partial charge in [0, 0.05) is 0 Å². The molecule has 0 saturated heterocycles. The molecule has 0 unspecified atom stereocenters. The van der Waals surface area contributed by atoms with Gasteiger partial charge in [0.25, 0.3) is 0 Å². The highest BCUT2D eigenvalue weighted by Crippen LogP contribution is 2.61. The lowest BCUT2D eigenvalue weighted by molar-refractivity contribution is -0.0226. The Bertz CT molecular complexity index is 594. The van der Waals surface area contributed by atoms with Crippen molar-refractivity contribution in [2.45, 2.75) is 64.4 Å². The Morgan fingerprint density at radius 1 is 1.18 bits per heavy atom. The van der Waals surface area contributed by atoms with Crippen LogP contribution >= 0.6 is 0 Å². The maximum Gasteiger partial charge on any atom is 0.122 e. The second kappa shape index (κ2) is 4.99. The first-order valence-corrected chi connectivity index (χ1v) is 8.90. The molecule has 3 aliphatic rings. The van der Waals surface area contributed by atoms with Crippen LogP contribution in [-0.2, 0) is 6.42 Å². The largest absolute Gasteiger partial charge is 0.496 e. The van der Waals surface area contributed by atoms with Crippen LogP contribution in [0.1, 0.15) is 61.6 Å². The fourth-order valence-corrected chi connectivity index (χ4v) is 5.90. The lowest BCUT2D eigenvalue weighted by atomic mass is 9.55. The molecule has 1 aromatic carbocycles. The summed E-state index contributed by atoms with van der Waals surface area (Å²) in [5.41, 5.74) is 4.53. The zero-order valence-electron chi connectivity index (χ0n) is 14.1. The summed E-state index contributed by atoms with van der Waals surface area (Å²) in [7, 11) is 1.77. The third kappa shape index (κ3) is 1.89. The topological polar surface area (TPSA) is 29.5 Å². The molecule has 0 heterocycles. The van der Waals surface area contributed by atoms with Gasteiger partial charge in [0.1, 0.15) is 5.75 Å². The highest BCUT2D eigenvalue weighted by Gasteiger charge is 2.54. The summed E-state index contributed by atoms with van der Waals surface area (Å²) in [6.45, 7) is 4.51. The van der Waals surface area contributed by atoms with Crippen molar-refractivity contribution in [3.05, 3.63) is 28.8 Å². The van der Waals surface area contributed by atoms with Gasteiger partial charge in [-0.15, -0.1) is 0 Å². The number of methoxy groups -OCH3 is 1. The maximum atomic E-state index is 10.5. The molecule has 2 fully saturated rings. The summed E-state index contributed by atoms with van der Waals surface area (Å²) in [5.74, 6) is 3.24. The van der Waals surface area contributed by atoms with Gasteiger partial charge < -0.3 is 9.84 Å². The van der Waals surface area contributed by atoms with Gasteiger partial charge in [0.05, 0.1) is 13.2 Å². The van der Waals surface area contributed by atoms with Crippen molar-refractivity contribution in [3.8, 4) is 5.75 Å². The normalized spacial score (nSPS) is 39.8.